The first kappa shape index (κ1) is 31.8. The minimum Gasteiger partial charge on any atom is -0.493 e. The van der Waals surface area contributed by atoms with Crippen molar-refractivity contribution in [1.29, 1.82) is 0 Å². The van der Waals surface area contributed by atoms with Crippen LogP contribution in [-0.4, -0.2) is 30.4 Å². The molecule has 0 N–H and O–H groups in total. The summed E-state index contributed by atoms with van der Waals surface area (Å²) in [5.74, 6) is 1.28. The Morgan fingerprint density at radius 1 is 0.979 bits per heavy atom. The van der Waals surface area contributed by atoms with Gasteiger partial charge in [-0.15, -0.1) is 0 Å². The molecule has 0 fully saturated rings. The van der Waals surface area contributed by atoms with Gasteiger partial charge in [0.1, 0.15) is 12.4 Å². The molecule has 0 unspecified atom stereocenters. The lowest BCUT2D eigenvalue weighted by molar-refractivity contribution is -0.139. The first-order valence-corrected chi connectivity index (χ1v) is 16.3. The number of benzene rings is 4. The van der Waals surface area contributed by atoms with Gasteiger partial charge in [0.15, 0.2) is 16.3 Å². The smallest absolute Gasteiger partial charge is 0.338 e. The Kier molecular flexibility index (Phi) is 9.26. The number of carbonyl (C=O) groups is 1. The van der Waals surface area contributed by atoms with Gasteiger partial charge >= 0.3 is 5.97 Å². The summed E-state index contributed by atoms with van der Waals surface area (Å²) in [6, 6.07) is 26.8. The van der Waals surface area contributed by atoms with Crippen LogP contribution in [0.5, 0.6) is 17.2 Å². The van der Waals surface area contributed by atoms with Gasteiger partial charge in [-0.3, -0.25) is 9.36 Å². The minimum absolute atomic E-state index is 0.0603. The second kappa shape index (κ2) is 13.7. The normalized spacial score (nSPS) is 14.6. The van der Waals surface area contributed by atoms with Crippen molar-refractivity contribution in [3.8, 4) is 17.2 Å². The van der Waals surface area contributed by atoms with E-state index in [4.69, 9.17) is 18.9 Å². The molecule has 2 heterocycles. The summed E-state index contributed by atoms with van der Waals surface area (Å²) < 4.78 is 25.1. The maximum absolute atomic E-state index is 14.0. The molecule has 1 aliphatic heterocycles. The summed E-state index contributed by atoms with van der Waals surface area (Å²) in [4.78, 5) is 32.5. The van der Waals surface area contributed by atoms with Gasteiger partial charge in [0.05, 0.1) is 41.7 Å². The van der Waals surface area contributed by atoms with Gasteiger partial charge in [-0.25, -0.2) is 9.79 Å². The predicted molar refractivity (Wildman–Crippen MR) is 184 cm³/mol. The Morgan fingerprint density at radius 2 is 1.74 bits per heavy atom. The van der Waals surface area contributed by atoms with Crippen molar-refractivity contribution in [2.45, 2.75) is 46.4 Å². The van der Waals surface area contributed by atoms with Crippen molar-refractivity contribution in [2.75, 3.05) is 13.7 Å². The summed E-state index contributed by atoms with van der Waals surface area (Å²) in [5, 5.41) is 2.37. The number of aromatic nitrogens is 1. The van der Waals surface area contributed by atoms with Gasteiger partial charge in [0.25, 0.3) is 5.56 Å². The number of esters is 1. The Hall–Kier alpha value is -5.15. The number of ether oxygens (including phenoxy) is 4. The zero-order valence-electron chi connectivity index (χ0n) is 27.0. The van der Waals surface area contributed by atoms with Crippen LogP contribution in [-0.2, 0) is 16.1 Å². The van der Waals surface area contributed by atoms with Crippen LogP contribution in [0.4, 0.5) is 0 Å². The molecular formula is C38H36N2O6S. The van der Waals surface area contributed by atoms with Gasteiger partial charge in [0, 0.05) is 0 Å². The van der Waals surface area contributed by atoms with Gasteiger partial charge < -0.3 is 18.9 Å². The molecule has 1 aromatic heterocycles. The summed E-state index contributed by atoms with van der Waals surface area (Å²) in [5.41, 5.74) is 3.14. The largest absolute Gasteiger partial charge is 0.493 e. The first-order chi connectivity index (χ1) is 22.7. The van der Waals surface area contributed by atoms with E-state index >= 15 is 0 Å². The fourth-order valence-corrected chi connectivity index (χ4v) is 6.67. The summed E-state index contributed by atoms with van der Waals surface area (Å²) in [7, 11) is 1.56. The number of hydrogen-bond acceptors (Lipinski definition) is 8. The van der Waals surface area contributed by atoms with Crippen molar-refractivity contribution in [2.24, 2.45) is 4.99 Å². The van der Waals surface area contributed by atoms with Crippen molar-refractivity contribution < 1.29 is 23.7 Å². The molecule has 1 aliphatic rings. The predicted octanol–water partition coefficient (Wildman–Crippen LogP) is 6.33. The highest BCUT2D eigenvalue weighted by Gasteiger charge is 2.34. The van der Waals surface area contributed by atoms with Crippen molar-refractivity contribution >= 4 is 34.2 Å². The number of allylic oxidation sites excluding steroid dienone is 1. The van der Waals surface area contributed by atoms with Crippen LogP contribution in [0.3, 0.4) is 0 Å². The van der Waals surface area contributed by atoms with Gasteiger partial charge in [-0.1, -0.05) is 65.9 Å². The van der Waals surface area contributed by atoms with E-state index in [1.165, 1.54) is 22.1 Å². The van der Waals surface area contributed by atoms with Crippen LogP contribution in [0.25, 0.3) is 16.8 Å². The minimum atomic E-state index is -0.764. The molecule has 47 heavy (non-hydrogen) atoms. The van der Waals surface area contributed by atoms with Crippen LogP contribution in [0.2, 0.25) is 0 Å². The monoisotopic (exact) mass is 648 g/mol. The van der Waals surface area contributed by atoms with Crippen LogP contribution >= 0.6 is 11.3 Å². The third-order valence-electron chi connectivity index (χ3n) is 7.78. The average Bonchev–Trinajstić information content (AvgIpc) is 3.37. The number of thiazole rings is 1. The summed E-state index contributed by atoms with van der Waals surface area (Å²) in [6.45, 7) is 8.02. The third kappa shape index (κ3) is 6.71. The number of fused-ring (bicyclic) bond motifs is 2. The molecule has 0 radical (unpaired) electrons. The van der Waals surface area contributed by atoms with E-state index in [0.29, 0.717) is 44.3 Å². The van der Waals surface area contributed by atoms with E-state index in [0.717, 1.165) is 16.9 Å². The molecule has 6 rings (SSSR count). The fraction of sp³-hybridized carbons (Fsp3) is 0.237. The molecule has 0 saturated carbocycles. The zero-order valence-corrected chi connectivity index (χ0v) is 27.8. The Morgan fingerprint density at radius 3 is 2.47 bits per heavy atom. The maximum atomic E-state index is 14.0. The van der Waals surface area contributed by atoms with E-state index in [-0.39, 0.29) is 18.3 Å². The molecule has 9 heteroatoms. The Labute approximate surface area is 276 Å². The van der Waals surface area contributed by atoms with E-state index < -0.39 is 12.0 Å². The fourth-order valence-electron chi connectivity index (χ4n) is 5.62. The molecular weight excluding hydrogens is 612 g/mol. The number of nitrogens with zero attached hydrogens (tertiary/aromatic N) is 2. The topological polar surface area (TPSA) is 88.4 Å². The lowest BCUT2D eigenvalue weighted by Gasteiger charge is -2.25. The molecule has 240 valence electrons. The van der Waals surface area contributed by atoms with Gasteiger partial charge in [0.2, 0.25) is 0 Å². The van der Waals surface area contributed by atoms with Gasteiger partial charge in [-0.05, 0) is 91.6 Å². The Balaban J connectivity index is 1.32. The second-order valence-corrected chi connectivity index (χ2v) is 12.4. The molecule has 1 atom stereocenters. The molecule has 4 aromatic carbocycles. The number of carbonyl (C=O) groups excluding carboxylic acids is 1. The molecule has 5 aromatic rings. The molecule has 0 saturated heterocycles. The lowest BCUT2D eigenvalue weighted by atomic mass is 9.95. The highest BCUT2D eigenvalue weighted by atomic mass is 32.1. The molecule has 0 amide bonds. The average molecular weight is 649 g/mol. The van der Waals surface area contributed by atoms with Gasteiger partial charge in [-0.2, -0.15) is 0 Å². The number of rotatable bonds is 10. The molecule has 0 bridgehead atoms. The molecule has 0 spiro atoms. The summed E-state index contributed by atoms with van der Waals surface area (Å²) >= 11 is 1.27. The van der Waals surface area contributed by atoms with E-state index in [2.05, 4.69) is 35.3 Å². The quantitative estimate of drug-likeness (QED) is 0.165. The van der Waals surface area contributed by atoms with Crippen LogP contribution in [0, 0.1) is 0 Å². The van der Waals surface area contributed by atoms with Crippen LogP contribution < -0.4 is 29.1 Å². The van der Waals surface area contributed by atoms with E-state index in [1.807, 2.05) is 62.4 Å². The Bertz CT molecular complexity index is 2160. The van der Waals surface area contributed by atoms with Crippen molar-refractivity contribution in [1.82, 2.24) is 4.57 Å². The first-order valence-electron chi connectivity index (χ1n) is 15.5. The molecule has 0 aliphatic carbocycles. The number of methoxy groups -OCH3 is 1. The van der Waals surface area contributed by atoms with E-state index in [1.54, 1.807) is 37.7 Å². The number of hydrogen-bond donors (Lipinski definition) is 0. The van der Waals surface area contributed by atoms with Crippen molar-refractivity contribution in [3.63, 3.8) is 0 Å². The molecule has 8 nitrogen and oxygen atoms in total. The SMILES string of the molecule is CCOC(=O)C1=C(C)N=c2s/c(=C\c3ccc(OCc4ccc5ccccc5c4)cc3)c(=O)n2[C@H]1c1ccc(OC(C)C)c(OC)c1. The third-order valence-corrected chi connectivity index (χ3v) is 8.76. The highest BCUT2D eigenvalue weighted by molar-refractivity contribution is 7.07. The van der Waals surface area contributed by atoms with Crippen LogP contribution in [0.1, 0.15) is 50.4 Å². The van der Waals surface area contributed by atoms with Crippen LogP contribution in [0.15, 0.2) is 106 Å². The van der Waals surface area contributed by atoms with Crippen molar-refractivity contribution in [3.05, 3.63) is 133 Å². The maximum Gasteiger partial charge on any atom is 0.338 e. The zero-order chi connectivity index (χ0) is 33.1. The lowest BCUT2D eigenvalue weighted by Crippen LogP contribution is -2.40. The standard InChI is InChI=1S/C38H36N2O6S/c1-6-44-37(42)34-24(4)39-38-40(35(34)29-15-18-31(46-23(2)3)32(21-29)43-5)36(41)33(47-38)20-25-12-16-30(17-13-25)45-22-26-11-14-27-9-7-8-10-28(27)19-26/h7-21,23,35H,6,22H2,1-5H3/b33-20-/t35-/m0/s1. The summed E-state index contributed by atoms with van der Waals surface area (Å²) in [6.07, 6.45) is 1.77. The highest BCUT2D eigenvalue weighted by Crippen LogP contribution is 2.36. The second-order valence-electron chi connectivity index (χ2n) is 11.4. The van der Waals surface area contributed by atoms with E-state index in [9.17, 15) is 9.59 Å².